The number of halogens is 1. The molecule has 154 valence electrons. The average molecular weight is 426 g/mol. The Morgan fingerprint density at radius 1 is 1.39 bits per heavy atom. The summed E-state index contributed by atoms with van der Waals surface area (Å²) >= 11 is 7.35. The monoisotopic (exact) mass is 425 g/mol. The van der Waals surface area contributed by atoms with Crippen molar-refractivity contribution in [1.82, 2.24) is 14.9 Å². The van der Waals surface area contributed by atoms with Crippen LogP contribution in [-0.2, 0) is 16.1 Å². The van der Waals surface area contributed by atoms with Crippen LogP contribution in [0.25, 0.3) is 10.9 Å². The first-order valence-corrected chi connectivity index (χ1v) is 10.6. The molecular weight excluding hydrogens is 398 g/mol. The van der Waals surface area contributed by atoms with Crippen molar-refractivity contribution in [2.24, 2.45) is 0 Å². The van der Waals surface area contributed by atoms with Gasteiger partial charge < -0.3 is 10.1 Å². The van der Waals surface area contributed by atoms with E-state index in [2.05, 4.69) is 10.3 Å². The first kappa shape index (κ1) is 22.7. The van der Waals surface area contributed by atoms with Crippen molar-refractivity contribution in [2.75, 3.05) is 13.2 Å². The summed E-state index contributed by atoms with van der Waals surface area (Å²) in [6.07, 6.45) is 0.685. The highest BCUT2D eigenvalue weighted by molar-refractivity contribution is 8.00. The Hall–Kier alpha value is -1.57. The lowest BCUT2D eigenvalue weighted by Crippen LogP contribution is -2.44. The Balaban J connectivity index is 2.37. The molecule has 1 aromatic heterocycles. The fraction of sp³-hybridized carbons (Fsp3) is 0.550. The van der Waals surface area contributed by atoms with Crippen LogP contribution in [0.15, 0.2) is 28.2 Å². The van der Waals surface area contributed by atoms with Gasteiger partial charge in [0.2, 0.25) is 5.91 Å². The number of thioether (sulfide) groups is 1. The van der Waals surface area contributed by atoms with Crippen LogP contribution in [0.4, 0.5) is 0 Å². The molecule has 0 aliphatic rings. The number of hydrogen-bond donors (Lipinski definition) is 1. The number of rotatable bonds is 8. The molecule has 1 amide bonds. The number of aromatic nitrogens is 2. The quantitative estimate of drug-likeness (QED) is 0.395. The summed E-state index contributed by atoms with van der Waals surface area (Å²) in [4.78, 5) is 30.2. The molecule has 0 saturated carbocycles. The third-order valence-corrected chi connectivity index (χ3v) is 5.23. The van der Waals surface area contributed by atoms with E-state index >= 15 is 0 Å². The Morgan fingerprint density at radius 2 is 2.11 bits per heavy atom. The number of hydrogen-bond acceptors (Lipinski definition) is 5. The van der Waals surface area contributed by atoms with Crippen molar-refractivity contribution in [3.63, 3.8) is 0 Å². The summed E-state index contributed by atoms with van der Waals surface area (Å²) in [5, 5.41) is 4.10. The Bertz CT molecular complexity index is 893. The highest BCUT2D eigenvalue weighted by Crippen LogP contribution is 2.24. The van der Waals surface area contributed by atoms with Crippen LogP contribution in [0.3, 0.4) is 0 Å². The zero-order chi connectivity index (χ0) is 20.9. The molecule has 8 heteroatoms. The third kappa shape index (κ3) is 6.22. The minimum Gasteiger partial charge on any atom is -0.382 e. The average Bonchev–Trinajstić information content (AvgIpc) is 2.59. The van der Waals surface area contributed by atoms with Gasteiger partial charge in [0.1, 0.15) is 0 Å². The van der Waals surface area contributed by atoms with E-state index in [1.807, 2.05) is 34.6 Å². The molecule has 0 spiro atoms. The van der Waals surface area contributed by atoms with Gasteiger partial charge in [-0.05, 0) is 59.2 Å². The Kier molecular flexibility index (Phi) is 7.92. The maximum Gasteiger partial charge on any atom is 0.262 e. The van der Waals surface area contributed by atoms with Crippen LogP contribution in [0.5, 0.6) is 0 Å². The van der Waals surface area contributed by atoms with Crippen LogP contribution in [-0.4, -0.2) is 39.5 Å². The van der Waals surface area contributed by atoms with Crippen molar-refractivity contribution in [3.8, 4) is 0 Å². The van der Waals surface area contributed by atoms with E-state index in [1.165, 1.54) is 11.8 Å². The van der Waals surface area contributed by atoms with E-state index in [0.717, 1.165) is 0 Å². The third-order valence-electron chi connectivity index (χ3n) is 3.91. The summed E-state index contributed by atoms with van der Waals surface area (Å²) in [6.45, 7) is 11.2. The molecule has 2 aromatic rings. The number of nitrogens with one attached hydrogen (secondary N) is 1. The molecule has 2 rings (SSSR count). The van der Waals surface area contributed by atoms with E-state index < -0.39 is 5.25 Å². The van der Waals surface area contributed by atoms with E-state index in [0.29, 0.717) is 47.3 Å². The molecular formula is C20H28ClN3O3S. The minimum atomic E-state index is -0.402. The Labute approximate surface area is 175 Å². The van der Waals surface area contributed by atoms with Crippen LogP contribution in [0.1, 0.15) is 41.0 Å². The molecule has 0 radical (unpaired) electrons. The van der Waals surface area contributed by atoms with Crippen molar-refractivity contribution < 1.29 is 9.53 Å². The number of fused-ring (bicyclic) bond motifs is 1. The molecule has 0 aliphatic carbocycles. The molecule has 0 aliphatic heterocycles. The molecule has 1 aromatic carbocycles. The van der Waals surface area contributed by atoms with Gasteiger partial charge in [-0.2, -0.15) is 0 Å². The summed E-state index contributed by atoms with van der Waals surface area (Å²) in [5.41, 5.74) is 0.0708. The number of nitrogens with zero attached hydrogens (tertiary/aromatic N) is 2. The van der Waals surface area contributed by atoms with E-state index in [9.17, 15) is 9.59 Å². The lowest BCUT2D eigenvalue weighted by Gasteiger charge is -2.23. The zero-order valence-corrected chi connectivity index (χ0v) is 18.6. The van der Waals surface area contributed by atoms with Gasteiger partial charge in [0.15, 0.2) is 5.16 Å². The standard InChI is InChI=1S/C20H28ClN3O3S/c1-6-27-11-7-10-24-18(26)15-9-8-14(21)12-16(15)22-19(24)28-13(2)17(25)23-20(3,4)5/h8-9,12-13H,6-7,10-11H2,1-5H3,(H,23,25). The van der Waals surface area contributed by atoms with Crippen LogP contribution in [0.2, 0.25) is 5.02 Å². The lowest BCUT2D eigenvalue weighted by molar-refractivity contribution is -0.121. The van der Waals surface area contributed by atoms with Gasteiger partial charge in [0.25, 0.3) is 5.56 Å². The number of benzene rings is 1. The smallest absolute Gasteiger partial charge is 0.262 e. The fourth-order valence-corrected chi connectivity index (χ4v) is 3.71. The van der Waals surface area contributed by atoms with Crippen LogP contribution in [0, 0.1) is 0 Å². The molecule has 0 saturated heterocycles. The fourth-order valence-electron chi connectivity index (χ4n) is 2.61. The predicted molar refractivity (Wildman–Crippen MR) is 115 cm³/mol. The molecule has 28 heavy (non-hydrogen) atoms. The first-order valence-electron chi connectivity index (χ1n) is 9.39. The van der Waals surface area contributed by atoms with Gasteiger partial charge in [-0.3, -0.25) is 14.2 Å². The van der Waals surface area contributed by atoms with Crippen molar-refractivity contribution in [2.45, 2.75) is 63.5 Å². The van der Waals surface area contributed by atoms with E-state index in [-0.39, 0.29) is 17.0 Å². The largest absolute Gasteiger partial charge is 0.382 e. The minimum absolute atomic E-state index is 0.0983. The van der Waals surface area contributed by atoms with Gasteiger partial charge in [-0.1, -0.05) is 23.4 Å². The highest BCUT2D eigenvalue weighted by atomic mass is 35.5. The van der Waals surface area contributed by atoms with Gasteiger partial charge in [-0.15, -0.1) is 0 Å². The normalized spacial score (nSPS) is 12.9. The molecule has 1 unspecified atom stereocenters. The zero-order valence-electron chi connectivity index (χ0n) is 17.0. The summed E-state index contributed by atoms with van der Waals surface area (Å²) < 4.78 is 7.01. The molecule has 0 bridgehead atoms. The van der Waals surface area contributed by atoms with Gasteiger partial charge >= 0.3 is 0 Å². The maximum atomic E-state index is 13.0. The topological polar surface area (TPSA) is 73.2 Å². The maximum absolute atomic E-state index is 13.0. The molecule has 1 heterocycles. The van der Waals surface area contributed by atoms with Gasteiger partial charge in [0.05, 0.1) is 16.2 Å². The molecule has 0 fully saturated rings. The highest BCUT2D eigenvalue weighted by Gasteiger charge is 2.22. The van der Waals surface area contributed by atoms with Crippen LogP contribution >= 0.6 is 23.4 Å². The second-order valence-electron chi connectivity index (χ2n) is 7.56. The summed E-state index contributed by atoms with van der Waals surface area (Å²) in [6, 6.07) is 5.05. The summed E-state index contributed by atoms with van der Waals surface area (Å²) in [7, 11) is 0. The number of carbonyl (C=O) groups excluding carboxylic acids is 1. The number of ether oxygens (including phenoxy) is 1. The second-order valence-corrected chi connectivity index (χ2v) is 9.31. The van der Waals surface area contributed by atoms with E-state index in [4.69, 9.17) is 16.3 Å². The molecule has 1 atom stereocenters. The SMILES string of the molecule is CCOCCCn1c(SC(C)C(=O)NC(C)(C)C)nc2cc(Cl)ccc2c1=O. The van der Waals surface area contributed by atoms with Crippen molar-refractivity contribution >= 4 is 40.2 Å². The lowest BCUT2D eigenvalue weighted by atomic mass is 10.1. The van der Waals surface area contributed by atoms with Gasteiger partial charge in [-0.25, -0.2) is 4.98 Å². The first-order chi connectivity index (χ1) is 13.1. The summed E-state index contributed by atoms with van der Waals surface area (Å²) in [5.74, 6) is -0.0983. The molecule has 6 nitrogen and oxygen atoms in total. The van der Waals surface area contributed by atoms with Crippen molar-refractivity contribution in [1.29, 1.82) is 0 Å². The second kappa shape index (κ2) is 9.76. The predicted octanol–water partition coefficient (Wildman–Crippen LogP) is 3.87. The number of amides is 1. The Morgan fingerprint density at radius 3 is 2.75 bits per heavy atom. The van der Waals surface area contributed by atoms with Gasteiger partial charge in [0, 0.05) is 30.3 Å². The molecule has 1 N–H and O–H groups in total. The number of carbonyl (C=O) groups is 1. The van der Waals surface area contributed by atoms with Crippen LogP contribution < -0.4 is 10.9 Å². The van der Waals surface area contributed by atoms with E-state index in [1.54, 1.807) is 22.8 Å². The van der Waals surface area contributed by atoms with Crippen molar-refractivity contribution in [3.05, 3.63) is 33.6 Å².